The first-order chi connectivity index (χ1) is 6.34. The SMILES string of the molecule is Nc1cc(CN2CCNCC2)cs1. The molecule has 0 spiro atoms. The maximum Gasteiger partial charge on any atom is 0.0859 e. The molecule has 13 heavy (non-hydrogen) atoms. The lowest BCUT2D eigenvalue weighted by atomic mass is 10.3. The van der Waals surface area contributed by atoms with Crippen molar-refractivity contribution >= 4 is 16.3 Å². The lowest BCUT2D eigenvalue weighted by Gasteiger charge is -2.26. The van der Waals surface area contributed by atoms with Crippen molar-refractivity contribution in [2.45, 2.75) is 6.54 Å². The van der Waals surface area contributed by atoms with Gasteiger partial charge in [0.25, 0.3) is 0 Å². The molecule has 72 valence electrons. The van der Waals surface area contributed by atoms with E-state index in [4.69, 9.17) is 5.73 Å². The summed E-state index contributed by atoms with van der Waals surface area (Å²) >= 11 is 1.63. The van der Waals surface area contributed by atoms with Gasteiger partial charge in [-0.3, -0.25) is 4.90 Å². The molecule has 3 nitrogen and oxygen atoms in total. The van der Waals surface area contributed by atoms with E-state index in [1.807, 2.05) is 0 Å². The topological polar surface area (TPSA) is 41.3 Å². The summed E-state index contributed by atoms with van der Waals surface area (Å²) in [5, 5.41) is 6.41. The van der Waals surface area contributed by atoms with E-state index in [0.717, 1.165) is 37.7 Å². The van der Waals surface area contributed by atoms with Crippen molar-refractivity contribution in [2.75, 3.05) is 31.9 Å². The summed E-state index contributed by atoms with van der Waals surface area (Å²) in [5.41, 5.74) is 7.02. The number of rotatable bonds is 2. The molecular weight excluding hydrogens is 182 g/mol. The number of piperazine rings is 1. The minimum absolute atomic E-state index is 0.921. The summed E-state index contributed by atoms with van der Waals surface area (Å²) in [6, 6.07) is 2.08. The fraction of sp³-hybridized carbons (Fsp3) is 0.556. The smallest absolute Gasteiger partial charge is 0.0859 e. The highest BCUT2D eigenvalue weighted by Crippen LogP contribution is 2.17. The van der Waals surface area contributed by atoms with E-state index < -0.39 is 0 Å². The van der Waals surface area contributed by atoms with Crippen LogP contribution in [-0.2, 0) is 6.54 Å². The first-order valence-electron chi connectivity index (χ1n) is 4.60. The minimum atomic E-state index is 0.921. The van der Waals surface area contributed by atoms with Crippen molar-refractivity contribution in [3.05, 3.63) is 17.0 Å². The fourth-order valence-electron chi connectivity index (χ4n) is 1.60. The third kappa shape index (κ3) is 2.43. The normalized spacial score (nSPS) is 19.1. The second kappa shape index (κ2) is 4.09. The molecule has 4 heteroatoms. The van der Waals surface area contributed by atoms with Crippen LogP contribution in [0.1, 0.15) is 5.56 Å². The predicted octanol–water partition coefficient (Wildman–Crippen LogP) is 0.736. The lowest BCUT2D eigenvalue weighted by molar-refractivity contribution is 0.233. The maximum absolute atomic E-state index is 5.67. The number of nitrogens with zero attached hydrogens (tertiary/aromatic N) is 1. The zero-order valence-corrected chi connectivity index (χ0v) is 8.44. The first kappa shape index (κ1) is 8.99. The van der Waals surface area contributed by atoms with Gasteiger partial charge in [-0.05, 0) is 17.0 Å². The summed E-state index contributed by atoms with van der Waals surface area (Å²) in [6.45, 7) is 5.57. The number of nitrogens with one attached hydrogen (secondary N) is 1. The van der Waals surface area contributed by atoms with E-state index >= 15 is 0 Å². The maximum atomic E-state index is 5.67. The largest absolute Gasteiger partial charge is 0.391 e. The van der Waals surface area contributed by atoms with Crippen molar-refractivity contribution in [1.29, 1.82) is 0 Å². The quantitative estimate of drug-likeness (QED) is 0.734. The van der Waals surface area contributed by atoms with E-state index in [-0.39, 0.29) is 0 Å². The average Bonchev–Trinajstić information content (AvgIpc) is 2.53. The summed E-state index contributed by atoms with van der Waals surface area (Å²) in [4.78, 5) is 2.46. The number of anilines is 1. The molecule has 0 saturated carbocycles. The molecular formula is C9H15N3S. The molecule has 0 aromatic carbocycles. The molecule has 0 aliphatic carbocycles. The summed E-state index contributed by atoms with van der Waals surface area (Å²) in [7, 11) is 0. The van der Waals surface area contributed by atoms with E-state index in [1.54, 1.807) is 11.3 Å². The van der Waals surface area contributed by atoms with E-state index in [9.17, 15) is 0 Å². The van der Waals surface area contributed by atoms with E-state index in [2.05, 4.69) is 21.7 Å². The molecule has 1 aromatic heterocycles. The zero-order valence-electron chi connectivity index (χ0n) is 7.62. The highest BCUT2D eigenvalue weighted by Gasteiger charge is 2.10. The second-order valence-corrected chi connectivity index (χ2v) is 4.33. The Balaban J connectivity index is 1.89. The van der Waals surface area contributed by atoms with E-state index in [0.29, 0.717) is 0 Å². The molecule has 0 unspecified atom stereocenters. The molecule has 0 radical (unpaired) electrons. The van der Waals surface area contributed by atoms with Crippen molar-refractivity contribution in [1.82, 2.24) is 10.2 Å². The van der Waals surface area contributed by atoms with Gasteiger partial charge in [-0.15, -0.1) is 11.3 Å². The van der Waals surface area contributed by atoms with Crippen molar-refractivity contribution in [3.63, 3.8) is 0 Å². The zero-order chi connectivity index (χ0) is 9.10. The van der Waals surface area contributed by atoms with Gasteiger partial charge in [-0.2, -0.15) is 0 Å². The lowest BCUT2D eigenvalue weighted by Crippen LogP contribution is -2.42. The molecule has 0 atom stereocenters. The molecule has 2 rings (SSSR count). The van der Waals surface area contributed by atoms with Crippen LogP contribution >= 0.6 is 11.3 Å². The minimum Gasteiger partial charge on any atom is -0.391 e. The summed E-state index contributed by atoms with van der Waals surface area (Å²) < 4.78 is 0. The van der Waals surface area contributed by atoms with Gasteiger partial charge in [0.1, 0.15) is 0 Å². The van der Waals surface area contributed by atoms with Gasteiger partial charge >= 0.3 is 0 Å². The van der Waals surface area contributed by atoms with Crippen LogP contribution in [0, 0.1) is 0 Å². The molecule has 1 fully saturated rings. The predicted molar refractivity (Wildman–Crippen MR) is 56.9 cm³/mol. The number of hydrogen-bond acceptors (Lipinski definition) is 4. The summed E-state index contributed by atoms with van der Waals surface area (Å²) in [5.74, 6) is 0. The molecule has 1 aromatic rings. The Hall–Kier alpha value is -0.580. The van der Waals surface area contributed by atoms with Gasteiger partial charge in [0.2, 0.25) is 0 Å². The Morgan fingerprint density at radius 3 is 2.85 bits per heavy atom. The fourth-order valence-corrected chi connectivity index (χ4v) is 2.25. The molecule has 0 amide bonds. The third-order valence-corrected chi connectivity index (χ3v) is 3.10. The van der Waals surface area contributed by atoms with Crippen LogP contribution in [0.5, 0.6) is 0 Å². The molecule has 1 saturated heterocycles. The Labute approximate surface area is 82.5 Å². The Morgan fingerprint density at radius 1 is 1.46 bits per heavy atom. The standard InChI is InChI=1S/C9H15N3S/c10-9-5-8(7-13-9)6-12-3-1-11-2-4-12/h5,7,11H,1-4,6,10H2. The molecule has 0 bridgehead atoms. The van der Waals surface area contributed by atoms with Crippen LogP contribution in [0.25, 0.3) is 0 Å². The highest BCUT2D eigenvalue weighted by atomic mass is 32.1. The van der Waals surface area contributed by atoms with Crippen molar-refractivity contribution < 1.29 is 0 Å². The van der Waals surface area contributed by atoms with E-state index in [1.165, 1.54) is 5.56 Å². The summed E-state index contributed by atoms with van der Waals surface area (Å²) in [6.07, 6.45) is 0. The molecule has 1 aliphatic rings. The second-order valence-electron chi connectivity index (χ2n) is 3.38. The Kier molecular flexibility index (Phi) is 2.83. The van der Waals surface area contributed by atoms with Gasteiger partial charge in [0.05, 0.1) is 5.00 Å². The van der Waals surface area contributed by atoms with Crippen LogP contribution in [0.2, 0.25) is 0 Å². The van der Waals surface area contributed by atoms with Crippen LogP contribution < -0.4 is 11.1 Å². The van der Waals surface area contributed by atoms with Crippen molar-refractivity contribution in [3.8, 4) is 0 Å². The number of thiophene rings is 1. The van der Waals surface area contributed by atoms with Gasteiger partial charge < -0.3 is 11.1 Å². The average molecular weight is 197 g/mol. The Morgan fingerprint density at radius 2 is 2.23 bits per heavy atom. The molecule has 3 N–H and O–H groups in total. The van der Waals surface area contributed by atoms with Crippen molar-refractivity contribution in [2.24, 2.45) is 0 Å². The monoisotopic (exact) mass is 197 g/mol. The molecule has 1 aliphatic heterocycles. The number of nitrogens with two attached hydrogens (primary N) is 1. The number of nitrogen functional groups attached to an aromatic ring is 1. The Bertz CT molecular complexity index is 266. The first-order valence-corrected chi connectivity index (χ1v) is 5.48. The highest BCUT2D eigenvalue weighted by molar-refractivity contribution is 7.14. The van der Waals surface area contributed by atoms with Crippen LogP contribution in [-0.4, -0.2) is 31.1 Å². The van der Waals surface area contributed by atoms with Gasteiger partial charge in [0.15, 0.2) is 0 Å². The van der Waals surface area contributed by atoms with Crippen LogP contribution in [0.15, 0.2) is 11.4 Å². The van der Waals surface area contributed by atoms with Crippen LogP contribution in [0.4, 0.5) is 5.00 Å². The van der Waals surface area contributed by atoms with Crippen LogP contribution in [0.3, 0.4) is 0 Å². The van der Waals surface area contributed by atoms with Gasteiger partial charge in [-0.25, -0.2) is 0 Å². The van der Waals surface area contributed by atoms with Gasteiger partial charge in [-0.1, -0.05) is 0 Å². The van der Waals surface area contributed by atoms with Gasteiger partial charge in [0, 0.05) is 32.7 Å². The molecule has 2 heterocycles. The third-order valence-electron chi connectivity index (χ3n) is 2.29. The number of hydrogen-bond donors (Lipinski definition) is 2.